The quantitative estimate of drug-likeness (QED) is 0.932. The van der Waals surface area contributed by atoms with Crippen molar-refractivity contribution in [1.82, 2.24) is 9.78 Å². The molecular weight excluding hydrogens is 310 g/mol. The summed E-state index contributed by atoms with van der Waals surface area (Å²) in [7, 11) is 0. The first-order valence-electron chi connectivity index (χ1n) is 8.11. The molecule has 1 saturated heterocycles. The lowest BCUT2D eigenvalue weighted by atomic mass is 10.1. The van der Waals surface area contributed by atoms with Crippen LogP contribution in [0.1, 0.15) is 18.9 Å². The van der Waals surface area contributed by atoms with Crippen molar-refractivity contribution >= 4 is 11.6 Å². The summed E-state index contributed by atoms with van der Waals surface area (Å²) in [5.74, 6) is 1.01. The van der Waals surface area contributed by atoms with E-state index >= 15 is 0 Å². The molecular formula is C17H19N3O4. The molecule has 1 aromatic heterocycles. The molecule has 0 radical (unpaired) electrons. The number of carbonyl (C=O) groups excluding carboxylic acids is 1. The summed E-state index contributed by atoms with van der Waals surface area (Å²) < 4.78 is 18.5. The van der Waals surface area contributed by atoms with Gasteiger partial charge in [-0.2, -0.15) is 5.10 Å². The third-order valence-electron chi connectivity index (χ3n) is 4.24. The highest BCUT2D eigenvalue weighted by Gasteiger charge is 2.27. The van der Waals surface area contributed by atoms with Crippen LogP contribution in [0, 0.1) is 0 Å². The Balaban J connectivity index is 1.39. The Kier molecular flexibility index (Phi) is 4.08. The molecule has 2 aliphatic heterocycles. The van der Waals surface area contributed by atoms with Gasteiger partial charge in [0, 0.05) is 19.4 Å². The monoisotopic (exact) mass is 329 g/mol. The molecule has 1 fully saturated rings. The number of nitrogens with one attached hydrogen (secondary N) is 1. The number of anilines is 1. The van der Waals surface area contributed by atoms with Gasteiger partial charge in [-0.25, -0.2) is 0 Å². The zero-order valence-corrected chi connectivity index (χ0v) is 13.2. The number of para-hydroxylation sites is 2. The van der Waals surface area contributed by atoms with Crippen LogP contribution in [0.4, 0.5) is 5.69 Å². The van der Waals surface area contributed by atoms with Gasteiger partial charge in [-0.05, 0) is 25.0 Å². The van der Waals surface area contributed by atoms with E-state index in [1.54, 1.807) is 12.3 Å². The molecule has 0 bridgehead atoms. The summed E-state index contributed by atoms with van der Waals surface area (Å²) in [6.07, 6.45) is 4.71. The predicted molar refractivity (Wildman–Crippen MR) is 86.3 cm³/mol. The Morgan fingerprint density at radius 2 is 2.00 bits per heavy atom. The van der Waals surface area contributed by atoms with E-state index in [0.29, 0.717) is 23.2 Å². The van der Waals surface area contributed by atoms with Gasteiger partial charge in [0.05, 0.1) is 17.9 Å². The van der Waals surface area contributed by atoms with Gasteiger partial charge in [-0.3, -0.25) is 9.48 Å². The van der Waals surface area contributed by atoms with E-state index in [9.17, 15) is 4.79 Å². The van der Waals surface area contributed by atoms with Gasteiger partial charge in [0.25, 0.3) is 5.91 Å². The lowest BCUT2D eigenvalue weighted by molar-refractivity contribution is -0.125. The normalized spacial score (nSPS) is 20.6. The minimum atomic E-state index is -0.675. The van der Waals surface area contributed by atoms with Crippen molar-refractivity contribution in [3.05, 3.63) is 36.7 Å². The summed E-state index contributed by atoms with van der Waals surface area (Å²) >= 11 is 0. The molecule has 24 heavy (non-hydrogen) atoms. The highest BCUT2D eigenvalue weighted by Crippen LogP contribution is 2.31. The third kappa shape index (κ3) is 3.07. The van der Waals surface area contributed by atoms with Crippen molar-refractivity contribution < 1.29 is 19.0 Å². The Morgan fingerprint density at radius 1 is 1.21 bits per heavy atom. The number of amides is 1. The molecule has 7 heteroatoms. The lowest BCUT2D eigenvalue weighted by Gasteiger charge is -2.25. The number of nitrogens with zero attached hydrogens (tertiary/aromatic N) is 2. The molecule has 2 aliphatic rings. The first-order chi connectivity index (χ1) is 11.8. The smallest absolute Gasteiger partial charge is 0.269 e. The van der Waals surface area contributed by atoms with Crippen LogP contribution in [-0.2, 0) is 9.53 Å². The molecule has 126 valence electrons. The van der Waals surface area contributed by atoms with E-state index in [2.05, 4.69) is 10.4 Å². The fourth-order valence-corrected chi connectivity index (χ4v) is 2.92. The van der Waals surface area contributed by atoms with Gasteiger partial charge in [-0.15, -0.1) is 0 Å². The summed E-state index contributed by atoms with van der Waals surface area (Å²) in [5, 5.41) is 7.19. The zero-order valence-electron chi connectivity index (χ0n) is 13.2. The van der Waals surface area contributed by atoms with Gasteiger partial charge in [-0.1, -0.05) is 12.1 Å². The molecule has 1 aromatic carbocycles. The van der Waals surface area contributed by atoms with Gasteiger partial charge >= 0.3 is 0 Å². The highest BCUT2D eigenvalue weighted by molar-refractivity contribution is 5.94. The lowest BCUT2D eigenvalue weighted by Crippen LogP contribution is -2.40. The first kappa shape index (κ1) is 15.0. The average molecular weight is 329 g/mol. The van der Waals surface area contributed by atoms with Crippen LogP contribution in [0.2, 0.25) is 0 Å². The van der Waals surface area contributed by atoms with Gasteiger partial charge in [0.2, 0.25) is 6.10 Å². The largest absolute Gasteiger partial charge is 0.485 e. The maximum atomic E-state index is 12.4. The van der Waals surface area contributed by atoms with Gasteiger partial charge in [0.1, 0.15) is 6.61 Å². The fraction of sp³-hybridized carbons (Fsp3) is 0.412. The molecule has 1 atom stereocenters. The van der Waals surface area contributed by atoms with Gasteiger partial charge < -0.3 is 19.5 Å². The number of benzene rings is 1. The van der Waals surface area contributed by atoms with Crippen LogP contribution in [0.25, 0.3) is 0 Å². The summed E-state index contributed by atoms with van der Waals surface area (Å²) in [6, 6.07) is 7.65. The van der Waals surface area contributed by atoms with Crippen LogP contribution < -0.4 is 14.8 Å². The van der Waals surface area contributed by atoms with Gasteiger partial charge in [0.15, 0.2) is 11.5 Å². The summed E-state index contributed by atoms with van der Waals surface area (Å²) in [6.45, 7) is 1.69. The molecule has 3 heterocycles. The number of carbonyl (C=O) groups is 1. The van der Waals surface area contributed by atoms with Crippen LogP contribution in [0.5, 0.6) is 11.5 Å². The number of fused-ring (bicyclic) bond motifs is 1. The average Bonchev–Trinajstić information content (AvgIpc) is 3.10. The summed E-state index contributed by atoms with van der Waals surface area (Å²) in [4.78, 5) is 12.4. The predicted octanol–water partition coefficient (Wildman–Crippen LogP) is 2.01. The van der Waals surface area contributed by atoms with Crippen molar-refractivity contribution in [3.8, 4) is 11.5 Å². The van der Waals surface area contributed by atoms with E-state index in [0.717, 1.165) is 26.1 Å². The van der Waals surface area contributed by atoms with E-state index < -0.39 is 6.10 Å². The maximum Gasteiger partial charge on any atom is 0.269 e. The SMILES string of the molecule is O=C(Nc1cnn(C2CCOCC2)c1)C1COc2ccccc2O1. The van der Waals surface area contributed by atoms with Crippen LogP contribution >= 0.6 is 0 Å². The molecule has 1 unspecified atom stereocenters. The molecule has 4 rings (SSSR count). The van der Waals surface area contributed by atoms with Crippen LogP contribution in [-0.4, -0.2) is 41.6 Å². The first-order valence-corrected chi connectivity index (χ1v) is 8.11. The second kappa shape index (κ2) is 6.52. The third-order valence-corrected chi connectivity index (χ3v) is 4.24. The molecule has 1 amide bonds. The topological polar surface area (TPSA) is 74.6 Å². The van der Waals surface area contributed by atoms with E-state index in [4.69, 9.17) is 14.2 Å². The van der Waals surface area contributed by atoms with E-state index in [1.807, 2.05) is 29.1 Å². The number of aromatic nitrogens is 2. The molecule has 1 N–H and O–H groups in total. The number of hydrogen-bond donors (Lipinski definition) is 1. The van der Waals surface area contributed by atoms with Crippen molar-refractivity contribution in [2.45, 2.75) is 25.0 Å². The summed E-state index contributed by atoms with van der Waals surface area (Å²) in [5.41, 5.74) is 0.661. The standard InChI is InChI=1S/C17H19N3O4/c21-17(16-11-23-14-3-1-2-4-15(14)24-16)19-12-9-18-20(10-12)13-5-7-22-8-6-13/h1-4,9-10,13,16H,5-8,11H2,(H,19,21). The molecule has 2 aromatic rings. The minimum absolute atomic E-state index is 0.191. The van der Waals surface area contributed by atoms with Crippen LogP contribution in [0.15, 0.2) is 36.7 Å². The highest BCUT2D eigenvalue weighted by atomic mass is 16.6. The zero-order chi connectivity index (χ0) is 16.4. The van der Waals surface area contributed by atoms with E-state index in [1.165, 1.54) is 0 Å². The Labute approximate surface area is 139 Å². The Hall–Kier alpha value is -2.54. The van der Waals surface area contributed by atoms with E-state index in [-0.39, 0.29) is 12.5 Å². The second-order valence-electron chi connectivity index (χ2n) is 5.91. The van der Waals surface area contributed by atoms with Crippen molar-refractivity contribution in [1.29, 1.82) is 0 Å². The molecule has 0 aliphatic carbocycles. The number of ether oxygens (including phenoxy) is 3. The number of hydrogen-bond acceptors (Lipinski definition) is 5. The van der Waals surface area contributed by atoms with Crippen LogP contribution in [0.3, 0.4) is 0 Å². The Morgan fingerprint density at radius 3 is 2.83 bits per heavy atom. The maximum absolute atomic E-state index is 12.4. The number of rotatable bonds is 3. The Bertz CT molecular complexity index is 724. The van der Waals surface area contributed by atoms with Crippen molar-refractivity contribution in [3.63, 3.8) is 0 Å². The molecule has 0 saturated carbocycles. The van der Waals surface area contributed by atoms with Crippen molar-refractivity contribution in [2.75, 3.05) is 25.1 Å². The van der Waals surface area contributed by atoms with Crippen molar-refractivity contribution in [2.24, 2.45) is 0 Å². The fourth-order valence-electron chi connectivity index (χ4n) is 2.92. The second-order valence-corrected chi connectivity index (χ2v) is 5.91. The molecule has 0 spiro atoms. The molecule has 7 nitrogen and oxygen atoms in total. The minimum Gasteiger partial charge on any atom is -0.485 e.